The highest BCUT2D eigenvalue weighted by atomic mass is 127. The van der Waals surface area contributed by atoms with E-state index in [-0.39, 0.29) is 6.04 Å². The summed E-state index contributed by atoms with van der Waals surface area (Å²) in [5, 5.41) is 0.733. The van der Waals surface area contributed by atoms with Crippen molar-refractivity contribution in [3.8, 4) is 0 Å². The Bertz CT molecular complexity index is 678. The molecule has 1 atom stereocenters. The van der Waals surface area contributed by atoms with Gasteiger partial charge in [0.1, 0.15) is 0 Å². The molecule has 0 aliphatic carbocycles. The summed E-state index contributed by atoms with van der Waals surface area (Å²) < 4.78 is 1.15. The van der Waals surface area contributed by atoms with E-state index >= 15 is 0 Å². The number of hydrogen-bond donors (Lipinski definition) is 1. The fourth-order valence-corrected chi connectivity index (χ4v) is 3.76. The quantitative estimate of drug-likeness (QED) is 0.643. The molecule has 112 valence electrons. The molecule has 2 aromatic rings. The highest BCUT2D eigenvalue weighted by Gasteiger charge is 2.20. The van der Waals surface area contributed by atoms with Crippen molar-refractivity contribution < 1.29 is 0 Å². The van der Waals surface area contributed by atoms with Crippen LogP contribution in [0.4, 0.5) is 0 Å². The Morgan fingerprint density at radius 2 is 1.38 bits per heavy atom. The number of hydrogen-bond acceptors (Lipinski definition) is 1. The Morgan fingerprint density at radius 1 is 0.905 bits per heavy atom. The first-order valence-corrected chi connectivity index (χ1v) is 8.48. The maximum Gasteiger partial charge on any atom is 0.0568 e. The summed E-state index contributed by atoms with van der Waals surface area (Å²) in [6, 6.07) is 5.77. The van der Waals surface area contributed by atoms with E-state index in [1.807, 2.05) is 18.2 Å². The second-order valence-electron chi connectivity index (χ2n) is 5.68. The maximum absolute atomic E-state index is 6.61. The molecular weight excluding hydrogens is 393 g/mol. The van der Waals surface area contributed by atoms with E-state index < -0.39 is 0 Å². The van der Waals surface area contributed by atoms with Crippen LogP contribution in [0.2, 0.25) is 5.02 Å². The molecule has 0 heterocycles. The fourth-order valence-electron chi connectivity index (χ4n) is 2.90. The van der Waals surface area contributed by atoms with Gasteiger partial charge in [-0.25, -0.2) is 0 Å². The number of benzene rings is 2. The van der Waals surface area contributed by atoms with Crippen molar-refractivity contribution in [1.29, 1.82) is 0 Å². The first-order valence-electron chi connectivity index (χ1n) is 7.03. The molecule has 0 spiro atoms. The molecule has 0 saturated heterocycles. The van der Waals surface area contributed by atoms with Crippen molar-refractivity contribution in [1.82, 2.24) is 0 Å². The Morgan fingerprint density at radius 3 is 1.90 bits per heavy atom. The lowest BCUT2D eigenvalue weighted by molar-refractivity contribution is 0.838. The zero-order valence-electron chi connectivity index (χ0n) is 13.1. The van der Waals surface area contributed by atoms with Crippen LogP contribution in [-0.2, 0) is 0 Å². The van der Waals surface area contributed by atoms with Gasteiger partial charge in [0, 0.05) is 8.59 Å². The van der Waals surface area contributed by atoms with Crippen molar-refractivity contribution in [2.75, 3.05) is 0 Å². The molecule has 2 N–H and O–H groups in total. The van der Waals surface area contributed by atoms with Gasteiger partial charge in [-0.05, 0) is 114 Å². The monoisotopic (exact) mass is 413 g/mol. The van der Waals surface area contributed by atoms with Crippen molar-refractivity contribution in [3.05, 3.63) is 65.7 Å². The summed E-state index contributed by atoms with van der Waals surface area (Å²) in [6.07, 6.45) is 0. The number of nitrogens with two attached hydrogens (primary N) is 1. The van der Waals surface area contributed by atoms with Crippen LogP contribution in [0.1, 0.15) is 45.0 Å². The third-order valence-corrected chi connectivity index (χ3v) is 5.88. The molecule has 1 nitrogen and oxygen atoms in total. The van der Waals surface area contributed by atoms with Gasteiger partial charge in [-0.3, -0.25) is 0 Å². The van der Waals surface area contributed by atoms with Crippen molar-refractivity contribution in [2.24, 2.45) is 5.73 Å². The lowest BCUT2D eigenvalue weighted by Crippen LogP contribution is -2.18. The van der Waals surface area contributed by atoms with Gasteiger partial charge < -0.3 is 5.73 Å². The van der Waals surface area contributed by atoms with Crippen molar-refractivity contribution in [2.45, 2.75) is 40.7 Å². The molecule has 0 aliphatic rings. The largest absolute Gasteiger partial charge is 0.320 e. The standard InChI is InChI=1S/C18H21ClIN/c1-9-10(2)12(4)17(13(5)11(9)3)18(21)15-8-14(19)6-7-16(15)20/h6-8,18H,21H2,1-5H3. The predicted molar refractivity (Wildman–Crippen MR) is 100 cm³/mol. The lowest BCUT2D eigenvalue weighted by Gasteiger charge is -2.24. The Balaban J connectivity index is 2.69. The Hall–Kier alpha value is -0.580. The minimum absolute atomic E-state index is 0.145. The van der Waals surface area contributed by atoms with E-state index in [1.54, 1.807) is 0 Å². The van der Waals surface area contributed by atoms with Crippen molar-refractivity contribution in [3.63, 3.8) is 0 Å². The van der Waals surface area contributed by atoms with E-state index in [0.29, 0.717) is 0 Å². The minimum Gasteiger partial charge on any atom is -0.320 e. The van der Waals surface area contributed by atoms with Gasteiger partial charge in [0.2, 0.25) is 0 Å². The van der Waals surface area contributed by atoms with Crippen LogP contribution in [0.25, 0.3) is 0 Å². The first-order chi connectivity index (χ1) is 9.75. The third-order valence-electron chi connectivity index (χ3n) is 4.66. The molecule has 21 heavy (non-hydrogen) atoms. The zero-order valence-corrected chi connectivity index (χ0v) is 16.1. The van der Waals surface area contributed by atoms with Gasteiger partial charge in [0.25, 0.3) is 0 Å². The maximum atomic E-state index is 6.61. The second-order valence-corrected chi connectivity index (χ2v) is 7.28. The molecule has 2 rings (SSSR count). The molecule has 0 saturated carbocycles. The van der Waals surface area contributed by atoms with Gasteiger partial charge in [0.05, 0.1) is 6.04 Å². The number of rotatable bonds is 2. The fraction of sp³-hybridized carbons (Fsp3) is 0.333. The van der Waals surface area contributed by atoms with Crippen LogP contribution in [0, 0.1) is 38.2 Å². The first kappa shape index (κ1) is 16.8. The second kappa shape index (κ2) is 6.27. The summed E-state index contributed by atoms with van der Waals surface area (Å²) in [5.74, 6) is 0. The van der Waals surface area contributed by atoms with Crippen LogP contribution in [0.3, 0.4) is 0 Å². The lowest BCUT2D eigenvalue weighted by atomic mass is 9.84. The predicted octanol–water partition coefficient (Wildman–Crippen LogP) is 5.53. The van der Waals surface area contributed by atoms with E-state index in [1.165, 1.54) is 33.4 Å². The SMILES string of the molecule is Cc1c(C)c(C)c(C(N)c2cc(Cl)ccc2I)c(C)c1C. The molecule has 0 aromatic heterocycles. The third kappa shape index (κ3) is 2.99. The Labute approximate surface area is 146 Å². The van der Waals surface area contributed by atoms with Crippen LogP contribution < -0.4 is 5.73 Å². The molecule has 3 heteroatoms. The normalized spacial score (nSPS) is 12.6. The van der Waals surface area contributed by atoms with Gasteiger partial charge in [-0.2, -0.15) is 0 Å². The average Bonchev–Trinajstić information content (AvgIpc) is 2.45. The molecule has 0 radical (unpaired) electrons. The van der Waals surface area contributed by atoms with Gasteiger partial charge in [0.15, 0.2) is 0 Å². The molecular formula is C18H21ClIN. The van der Waals surface area contributed by atoms with Crippen LogP contribution >= 0.6 is 34.2 Å². The molecule has 0 bridgehead atoms. The topological polar surface area (TPSA) is 26.0 Å². The molecule has 1 unspecified atom stereocenters. The van der Waals surface area contributed by atoms with E-state index in [0.717, 1.165) is 14.2 Å². The van der Waals surface area contributed by atoms with Crippen molar-refractivity contribution >= 4 is 34.2 Å². The summed E-state index contributed by atoms with van der Waals surface area (Å²) in [5.41, 5.74) is 15.6. The highest BCUT2D eigenvalue weighted by Crippen LogP contribution is 2.34. The zero-order chi connectivity index (χ0) is 15.9. The van der Waals surface area contributed by atoms with Crippen LogP contribution in [-0.4, -0.2) is 0 Å². The van der Waals surface area contributed by atoms with Crippen LogP contribution in [0.5, 0.6) is 0 Å². The summed E-state index contributed by atoms with van der Waals surface area (Å²) >= 11 is 8.48. The molecule has 0 aliphatic heterocycles. The summed E-state index contributed by atoms with van der Waals surface area (Å²) in [7, 11) is 0. The Kier molecular flexibility index (Phi) is 5.01. The molecule has 0 amide bonds. The minimum atomic E-state index is -0.145. The van der Waals surface area contributed by atoms with E-state index in [9.17, 15) is 0 Å². The van der Waals surface area contributed by atoms with Gasteiger partial charge in [-0.1, -0.05) is 11.6 Å². The number of halogens is 2. The van der Waals surface area contributed by atoms with Gasteiger partial charge >= 0.3 is 0 Å². The summed E-state index contributed by atoms with van der Waals surface area (Å²) in [6.45, 7) is 10.9. The smallest absolute Gasteiger partial charge is 0.0568 e. The van der Waals surface area contributed by atoms with E-state index in [4.69, 9.17) is 17.3 Å². The summed E-state index contributed by atoms with van der Waals surface area (Å²) in [4.78, 5) is 0. The molecule has 0 fully saturated rings. The van der Waals surface area contributed by atoms with Gasteiger partial charge in [-0.15, -0.1) is 0 Å². The van der Waals surface area contributed by atoms with Crippen LogP contribution in [0.15, 0.2) is 18.2 Å². The average molecular weight is 414 g/mol. The molecule has 2 aromatic carbocycles. The van der Waals surface area contributed by atoms with E-state index in [2.05, 4.69) is 57.2 Å². The highest BCUT2D eigenvalue weighted by molar-refractivity contribution is 14.1.